The Morgan fingerprint density at radius 3 is 1.69 bits per heavy atom. The summed E-state index contributed by atoms with van der Waals surface area (Å²) < 4.78 is 5.43. The molecule has 0 spiro atoms. The van der Waals surface area contributed by atoms with Crippen LogP contribution in [-0.4, -0.2) is 13.2 Å². The molecule has 0 aliphatic heterocycles. The number of rotatable bonds is 2. The molecule has 0 amide bonds. The Labute approximate surface area is 102 Å². The Balaban J connectivity index is 0.000000606. The zero-order chi connectivity index (χ0) is 11.8. The molecule has 1 heteroatoms. The molecule has 0 unspecified atom stereocenters. The van der Waals surface area contributed by atoms with Crippen LogP contribution in [0.25, 0.3) is 0 Å². The summed E-state index contributed by atoms with van der Waals surface area (Å²) in [4.78, 5) is 0. The molecule has 1 nitrogen and oxygen atoms in total. The molecule has 96 valence electrons. The molecule has 16 heavy (non-hydrogen) atoms. The third-order valence-electron chi connectivity index (χ3n) is 4.37. The number of methoxy groups -OCH3 is 1. The molecule has 2 aliphatic carbocycles. The molecule has 0 radical (unpaired) electrons. The fourth-order valence-corrected chi connectivity index (χ4v) is 3.40. The minimum Gasteiger partial charge on any atom is -0.381 e. The average molecular weight is 226 g/mol. The second-order valence-corrected chi connectivity index (χ2v) is 5.17. The van der Waals surface area contributed by atoms with Crippen molar-refractivity contribution in [2.75, 3.05) is 7.11 Å². The highest BCUT2D eigenvalue weighted by atomic mass is 16.5. The van der Waals surface area contributed by atoms with Crippen molar-refractivity contribution in [2.45, 2.75) is 77.7 Å². The SMILES string of the molecule is CC.COC1CCC(C2CCCCC2)CC1. The fraction of sp³-hybridized carbons (Fsp3) is 1.00. The van der Waals surface area contributed by atoms with Crippen molar-refractivity contribution in [2.24, 2.45) is 11.8 Å². The Bertz CT molecular complexity index is 153. The molecule has 0 saturated heterocycles. The van der Waals surface area contributed by atoms with Gasteiger partial charge < -0.3 is 4.74 Å². The minimum absolute atomic E-state index is 0.579. The van der Waals surface area contributed by atoms with E-state index in [-0.39, 0.29) is 0 Å². The van der Waals surface area contributed by atoms with Crippen molar-refractivity contribution in [3.63, 3.8) is 0 Å². The van der Waals surface area contributed by atoms with Crippen molar-refractivity contribution < 1.29 is 4.74 Å². The molecule has 2 fully saturated rings. The second kappa shape index (κ2) is 8.11. The van der Waals surface area contributed by atoms with Crippen molar-refractivity contribution in [3.8, 4) is 0 Å². The van der Waals surface area contributed by atoms with Gasteiger partial charge in [-0.15, -0.1) is 0 Å². The Morgan fingerprint density at radius 2 is 1.19 bits per heavy atom. The zero-order valence-corrected chi connectivity index (χ0v) is 11.5. The molecule has 2 saturated carbocycles. The Morgan fingerprint density at radius 1 is 0.688 bits per heavy atom. The summed E-state index contributed by atoms with van der Waals surface area (Å²) >= 11 is 0. The molecule has 0 bridgehead atoms. The molecule has 0 heterocycles. The molecule has 2 aliphatic rings. The summed E-state index contributed by atoms with van der Waals surface area (Å²) in [5.41, 5.74) is 0. The van der Waals surface area contributed by atoms with E-state index < -0.39 is 0 Å². The second-order valence-electron chi connectivity index (χ2n) is 5.17. The summed E-state index contributed by atoms with van der Waals surface area (Å²) in [5, 5.41) is 0. The molecular weight excluding hydrogens is 196 g/mol. The van der Waals surface area contributed by atoms with Crippen molar-refractivity contribution in [1.82, 2.24) is 0 Å². The van der Waals surface area contributed by atoms with E-state index in [1.165, 1.54) is 57.8 Å². The first kappa shape index (κ1) is 14.0. The highest BCUT2D eigenvalue weighted by Gasteiger charge is 2.28. The van der Waals surface area contributed by atoms with Crippen LogP contribution in [-0.2, 0) is 4.74 Å². The minimum atomic E-state index is 0.579. The molecular formula is C15H30O. The first-order chi connectivity index (χ1) is 7.90. The van der Waals surface area contributed by atoms with Gasteiger partial charge in [0.25, 0.3) is 0 Å². The largest absolute Gasteiger partial charge is 0.381 e. The quantitative estimate of drug-likeness (QED) is 0.657. The van der Waals surface area contributed by atoms with Gasteiger partial charge in [0.05, 0.1) is 6.10 Å². The van der Waals surface area contributed by atoms with E-state index in [4.69, 9.17) is 4.74 Å². The topological polar surface area (TPSA) is 9.23 Å². The molecule has 0 atom stereocenters. The predicted octanol–water partition coefficient (Wildman–Crippen LogP) is 4.80. The molecule has 0 aromatic rings. The van der Waals surface area contributed by atoms with Crippen LogP contribution in [0, 0.1) is 11.8 Å². The monoisotopic (exact) mass is 226 g/mol. The maximum absolute atomic E-state index is 5.43. The average Bonchev–Trinajstić information content (AvgIpc) is 2.42. The number of ether oxygens (including phenoxy) is 1. The van der Waals surface area contributed by atoms with Crippen LogP contribution < -0.4 is 0 Å². The van der Waals surface area contributed by atoms with Gasteiger partial charge in [-0.1, -0.05) is 46.0 Å². The Hall–Kier alpha value is -0.0400. The van der Waals surface area contributed by atoms with Crippen molar-refractivity contribution >= 4 is 0 Å². The highest BCUT2D eigenvalue weighted by Crippen LogP contribution is 2.38. The summed E-state index contributed by atoms with van der Waals surface area (Å²) in [6.45, 7) is 4.00. The van der Waals surface area contributed by atoms with E-state index in [0.29, 0.717) is 6.10 Å². The maximum Gasteiger partial charge on any atom is 0.0571 e. The van der Waals surface area contributed by atoms with Gasteiger partial charge in [0, 0.05) is 7.11 Å². The zero-order valence-electron chi connectivity index (χ0n) is 11.5. The number of hydrogen-bond acceptors (Lipinski definition) is 1. The highest BCUT2D eigenvalue weighted by molar-refractivity contribution is 4.79. The van der Waals surface area contributed by atoms with Crippen LogP contribution in [0.5, 0.6) is 0 Å². The van der Waals surface area contributed by atoms with Crippen LogP contribution in [0.2, 0.25) is 0 Å². The van der Waals surface area contributed by atoms with E-state index in [1.54, 1.807) is 0 Å². The third-order valence-corrected chi connectivity index (χ3v) is 4.37. The van der Waals surface area contributed by atoms with Gasteiger partial charge in [-0.3, -0.25) is 0 Å². The normalized spacial score (nSPS) is 31.7. The van der Waals surface area contributed by atoms with E-state index in [0.717, 1.165) is 11.8 Å². The summed E-state index contributed by atoms with van der Waals surface area (Å²) in [6.07, 6.45) is 13.6. The lowest BCUT2D eigenvalue weighted by Crippen LogP contribution is -2.26. The van der Waals surface area contributed by atoms with Crippen LogP contribution in [0.4, 0.5) is 0 Å². The third kappa shape index (κ3) is 4.08. The lowest BCUT2D eigenvalue weighted by Gasteiger charge is -2.35. The molecule has 2 rings (SSSR count). The van der Waals surface area contributed by atoms with Crippen molar-refractivity contribution in [1.29, 1.82) is 0 Å². The van der Waals surface area contributed by atoms with Crippen LogP contribution >= 0.6 is 0 Å². The van der Waals surface area contributed by atoms with Gasteiger partial charge in [-0.05, 0) is 37.5 Å². The van der Waals surface area contributed by atoms with Gasteiger partial charge in [0.2, 0.25) is 0 Å². The standard InChI is InChI=1S/C13H24O.C2H6/c1-14-13-9-7-12(8-10-13)11-5-3-2-4-6-11;1-2/h11-13H,2-10H2,1H3;1-2H3. The molecule has 0 N–H and O–H groups in total. The van der Waals surface area contributed by atoms with Gasteiger partial charge >= 0.3 is 0 Å². The predicted molar refractivity (Wildman–Crippen MR) is 70.7 cm³/mol. The van der Waals surface area contributed by atoms with Gasteiger partial charge in [-0.25, -0.2) is 0 Å². The fourth-order valence-electron chi connectivity index (χ4n) is 3.40. The van der Waals surface area contributed by atoms with Gasteiger partial charge in [0.15, 0.2) is 0 Å². The molecule has 0 aromatic carbocycles. The van der Waals surface area contributed by atoms with E-state index >= 15 is 0 Å². The van der Waals surface area contributed by atoms with E-state index in [9.17, 15) is 0 Å². The summed E-state index contributed by atoms with van der Waals surface area (Å²) in [6, 6.07) is 0. The lowest BCUT2D eigenvalue weighted by molar-refractivity contribution is 0.0418. The Kier molecular flexibility index (Phi) is 7.11. The molecule has 0 aromatic heterocycles. The summed E-state index contributed by atoms with van der Waals surface area (Å²) in [7, 11) is 1.87. The van der Waals surface area contributed by atoms with Gasteiger partial charge in [-0.2, -0.15) is 0 Å². The van der Waals surface area contributed by atoms with Crippen LogP contribution in [0.3, 0.4) is 0 Å². The maximum atomic E-state index is 5.43. The van der Waals surface area contributed by atoms with Crippen LogP contribution in [0.1, 0.15) is 71.6 Å². The lowest BCUT2D eigenvalue weighted by atomic mass is 9.73. The van der Waals surface area contributed by atoms with Crippen molar-refractivity contribution in [3.05, 3.63) is 0 Å². The first-order valence-corrected chi connectivity index (χ1v) is 7.43. The summed E-state index contributed by atoms with van der Waals surface area (Å²) in [5.74, 6) is 2.11. The smallest absolute Gasteiger partial charge is 0.0571 e. The van der Waals surface area contributed by atoms with E-state index in [2.05, 4.69) is 0 Å². The van der Waals surface area contributed by atoms with Gasteiger partial charge in [0.1, 0.15) is 0 Å². The van der Waals surface area contributed by atoms with Crippen LogP contribution in [0.15, 0.2) is 0 Å². The number of hydrogen-bond donors (Lipinski definition) is 0. The first-order valence-electron chi connectivity index (χ1n) is 7.43. The van der Waals surface area contributed by atoms with E-state index in [1.807, 2.05) is 21.0 Å².